The van der Waals surface area contributed by atoms with E-state index in [9.17, 15) is 33.0 Å². The molecule has 4 unspecified atom stereocenters. The Hall–Kier alpha value is -3.58. The van der Waals surface area contributed by atoms with Gasteiger partial charge in [-0.1, -0.05) is 74.9 Å². The number of cyclic esters (lactones) is 1. The van der Waals surface area contributed by atoms with Gasteiger partial charge in [0.15, 0.2) is 6.10 Å². The van der Waals surface area contributed by atoms with E-state index >= 15 is 0 Å². The van der Waals surface area contributed by atoms with E-state index in [1.54, 1.807) is 0 Å². The Morgan fingerprint density at radius 2 is 1.71 bits per heavy atom. The monoisotopic (exact) mass is 645 g/mol. The molecule has 0 radical (unpaired) electrons. The zero-order chi connectivity index (χ0) is 32.6. The molecule has 1 aliphatic heterocycles. The molecule has 4 rings (SSSR count). The number of hydrogen-bond acceptors (Lipinski definition) is 7. The summed E-state index contributed by atoms with van der Waals surface area (Å²) >= 11 is 1.46. The lowest BCUT2D eigenvalue weighted by Gasteiger charge is -2.31. The molecule has 3 N–H and O–H groups in total. The molecular weight excluding hydrogens is 607 g/mol. The summed E-state index contributed by atoms with van der Waals surface area (Å²) in [5, 5.41) is 23.7. The number of anilines is 1. The molecule has 3 aromatic carbocycles. The normalized spacial score (nSPS) is 17.2. The first-order chi connectivity index (χ1) is 21.5. The molecule has 1 aliphatic rings. The van der Waals surface area contributed by atoms with Gasteiger partial charge in [0.1, 0.15) is 0 Å². The number of para-hydroxylation sites is 1. The molecule has 0 spiro atoms. The number of carbonyl (C=O) groups excluding carboxylic acids is 2. The van der Waals surface area contributed by atoms with E-state index in [0.717, 1.165) is 39.5 Å². The van der Waals surface area contributed by atoms with Crippen LogP contribution in [0.5, 0.6) is 0 Å². The fourth-order valence-electron chi connectivity index (χ4n) is 4.94. The number of ether oxygens (including phenoxy) is 1. The fourth-order valence-corrected chi connectivity index (χ4v) is 6.05. The summed E-state index contributed by atoms with van der Waals surface area (Å²) < 4.78 is 48.1. The lowest BCUT2D eigenvalue weighted by Crippen LogP contribution is -2.52. The van der Waals surface area contributed by atoms with Crippen LogP contribution in [0.25, 0.3) is 0 Å². The maximum atomic E-state index is 13.6. The molecule has 1 fully saturated rings. The van der Waals surface area contributed by atoms with Crippen molar-refractivity contribution in [1.29, 1.82) is 0 Å². The SMILES string of the molecule is CCC(C)CN(CC(O)C(Cc1ccccc1)NC(=O)C1CN(c2ccccc2C(F)(F)F)C(=O)O1)Sc1ccc(CO)cc1. The van der Waals surface area contributed by atoms with Crippen molar-refractivity contribution in [2.24, 2.45) is 5.92 Å². The third kappa shape index (κ3) is 9.46. The first kappa shape index (κ1) is 34.3. The molecule has 1 heterocycles. The van der Waals surface area contributed by atoms with Crippen molar-refractivity contribution < 1.29 is 37.7 Å². The Balaban J connectivity index is 1.51. The molecule has 0 aliphatic carbocycles. The molecule has 45 heavy (non-hydrogen) atoms. The van der Waals surface area contributed by atoms with Gasteiger partial charge < -0.3 is 20.3 Å². The number of benzene rings is 3. The smallest absolute Gasteiger partial charge is 0.418 e. The number of amides is 2. The van der Waals surface area contributed by atoms with Gasteiger partial charge in [-0.2, -0.15) is 13.2 Å². The third-order valence-corrected chi connectivity index (χ3v) is 8.68. The van der Waals surface area contributed by atoms with Crippen molar-refractivity contribution in [2.75, 3.05) is 24.5 Å². The minimum atomic E-state index is -4.71. The Morgan fingerprint density at radius 1 is 1.04 bits per heavy atom. The molecule has 242 valence electrons. The van der Waals surface area contributed by atoms with E-state index < -0.39 is 54.2 Å². The summed E-state index contributed by atoms with van der Waals surface area (Å²) in [5.74, 6) is -0.400. The number of nitrogens with one attached hydrogen (secondary N) is 1. The Kier molecular flexibility index (Phi) is 11.9. The van der Waals surface area contributed by atoms with Gasteiger partial charge in [0.25, 0.3) is 5.91 Å². The maximum absolute atomic E-state index is 13.6. The van der Waals surface area contributed by atoms with Crippen LogP contribution in [0.4, 0.5) is 23.7 Å². The summed E-state index contributed by atoms with van der Waals surface area (Å²) in [6, 6.07) is 20.6. The van der Waals surface area contributed by atoms with E-state index in [0.29, 0.717) is 12.5 Å². The Labute approximate surface area is 265 Å². The molecule has 2 amide bonds. The Morgan fingerprint density at radius 3 is 2.36 bits per heavy atom. The number of alkyl halides is 3. The number of rotatable bonds is 14. The van der Waals surface area contributed by atoms with Gasteiger partial charge in [0.2, 0.25) is 0 Å². The van der Waals surface area contributed by atoms with Gasteiger partial charge in [0, 0.05) is 18.0 Å². The number of nitrogens with zero attached hydrogens (tertiary/aromatic N) is 2. The third-order valence-electron chi connectivity index (χ3n) is 7.64. The molecule has 0 saturated carbocycles. The van der Waals surface area contributed by atoms with Gasteiger partial charge in [-0.25, -0.2) is 9.10 Å². The maximum Gasteiger partial charge on any atom is 0.418 e. The van der Waals surface area contributed by atoms with Crippen LogP contribution in [0, 0.1) is 5.92 Å². The lowest BCUT2D eigenvalue weighted by molar-refractivity contribution is -0.137. The highest BCUT2D eigenvalue weighted by Crippen LogP contribution is 2.38. The van der Waals surface area contributed by atoms with Crippen LogP contribution in [0.1, 0.15) is 37.0 Å². The van der Waals surface area contributed by atoms with E-state index in [2.05, 4.69) is 19.2 Å². The van der Waals surface area contributed by atoms with E-state index in [1.807, 2.05) is 58.9 Å². The van der Waals surface area contributed by atoms with Crippen LogP contribution in [0.15, 0.2) is 83.8 Å². The van der Waals surface area contributed by atoms with Crippen molar-refractivity contribution in [3.63, 3.8) is 0 Å². The summed E-state index contributed by atoms with van der Waals surface area (Å²) in [5.41, 5.74) is 0.236. The van der Waals surface area contributed by atoms with Crippen molar-refractivity contribution >= 4 is 29.6 Å². The van der Waals surface area contributed by atoms with Crippen LogP contribution < -0.4 is 10.2 Å². The second kappa shape index (κ2) is 15.6. The second-order valence-electron chi connectivity index (χ2n) is 11.1. The Bertz CT molecular complexity index is 1410. The van der Waals surface area contributed by atoms with Crippen LogP contribution in [0.3, 0.4) is 0 Å². The predicted molar refractivity (Wildman–Crippen MR) is 166 cm³/mol. The van der Waals surface area contributed by atoms with Gasteiger partial charge in [-0.3, -0.25) is 9.69 Å². The van der Waals surface area contributed by atoms with Gasteiger partial charge in [-0.05, 0) is 59.7 Å². The van der Waals surface area contributed by atoms with E-state index in [-0.39, 0.29) is 19.6 Å². The quantitative estimate of drug-likeness (QED) is 0.194. The van der Waals surface area contributed by atoms with Gasteiger partial charge in [0.05, 0.1) is 36.5 Å². The average molecular weight is 646 g/mol. The van der Waals surface area contributed by atoms with Crippen LogP contribution in [0.2, 0.25) is 0 Å². The van der Waals surface area contributed by atoms with Gasteiger partial charge in [-0.15, -0.1) is 0 Å². The minimum absolute atomic E-state index is 0.0655. The van der Waals surface area contributed by atoms with Crippen LogP contribution in [-0.2, 0) is 28.7 Å². The van der Waals surface area contributed by atoms with Crippen molar-refractivity contribution in [3.8, 4) is 0 Å². The first-order valence-corrected chi connectivity index (χ1v) is 15.5. The zero-order valence-corrected chi connectivity index (χ0v) is 25.9. The highest BCUT2D eigenvalue weighted by Gasteiger charge is 2.42. The molecule has 0 aromatic heterocycles. The van der Waals surface area contributed by atoms with Gasteiger partial charge >= 0.3 is 12.3 Å². The molecule has 12 heteroatoms. The highest BCUT2D eigenvalue weighted by molar-refractivity contribution is 7.97. The summed E-state index contributed by atoms with van der Waals surface area (Å²) in [6.45, 7) is 4.55. The standard InChI is InChI=1S/C33H38F3N3O5S/c1-3-22(2)18-38(45-25-15-13-24(21-40)14-16-25)19-29(41)27(17-23-9-5-4-6-10-23)37-31(42)30-20-39(32(43)44-30)28-12-8-7-11-26(28)33(34,35)36/h4-16,22,27,29-30,40-41H,3,17-21H2,1-2H3,(H,37,42). The molecule has 8 nitrogen and oxygen atoms in total. The summed E-state index contributed by atoms with van der Waals surface area (Å²) in [4.78, 5) is 27.8. The number of halogens is 3. The molecular formula is C33H38F3N3O5S. The van der Waals surface area contributed by atoms with Crippen LogP contribution >= 0.6 is 11.9 Å². The number of aliphatic hydroxyl groups excluding tert-OH is 2. The largest absolute Gasteiger partial charge is 0.434 e. The number of hydrogen-bond donors (Lipinski definition) is 3. The molecule has 1 saturated heterocycles. The number of aliphatic hydroxyl groups is 2. The van der Waals surface area contributed by atoms with E-state index in [4.69, 9.17) is 4.74 Å². The fraction of sp³-hybridized carbons (Fsp3) is 0.394. The average Bonchev–Trinajstić information content (AvgIpc) is 3.42. The van der Waals surface area contributed by atoms with Crippen molar-refractivity contribution in [2.45, 2.75) is 62.6 Å². The minimum Gasteiger partial charge on any atom is -0.434 e. The van der Waals surface area contributed by atoms with Crippen LogP contribution in [-0.4, -0.2) is 64.4 Å². The van der Waals surface area contributed by atoms with Crippen molar-refractivity contribution in [1.82, 2.24) is 9.62 Å². The number of carbonyl (C=O) groups is 2. The first-order valence-electron chi connectivity index (χ1n) is 14.8. The summed E-state index contributed by atoms with van der Waals surface area (Å²) in [6.07, 6.45) is -7.01. The van der Waals surface area contributed by atoms with Crippen molar-refractivity contribution in [3.05, 3.63) is 95.6 Å². The molecule has 3 aromatic rings. The predicted octanol–water partition coefficient (Wildman–Crippen LogP) is 5.67. The molecule has 0 bridgehead atoms. The zero-order valence-electron chi connectivity index (χ0n) is 25.1. The second-order valence-corrected chi connectivity index (χ2v) is 12.3. The molecule has 4 atom stereocenters. The summed E-state index contributed by atoms with van der Waals surface area (Å²) in [7, 11) is 0. The van der Waals surface area contributed by atoms with E-state index in [1.165, 1.54) is 24.1 Å². The lowest BCUT2D eigenvalue weighted by atomic mass is 10.0. The topological polar surface area (TPSA) is 102 Å². The highest BCUT2D eigenvalue weighted by atomic mass is 32.2.